The topological polar surface area (TPSA) is 40.7 Å². The molecule has 0 saturated heterocycles. The largest absolute Gasteiger partial charge is 0.338 e. The number of hydrogen-bond donors (Lipinski definition) is 2. The first-order chi connectivity index (χ1) is 8.90. The number of aromatic amines is 1. The van der Waals surface area contributed by atoms with Crippen LogP contribution in [-0.2, 0) is 13.1 Å². The van der Waals surface area contributed by atoms with Crippen molar-refractivity contribution in [2.24, 2.45) is 0 Å². The summed E-state index contributed by atoms with van der Waals surface area (Å²) in [5.41, 5.74) is 6.05. The molecule has 0 spiro atoms. The Morgan fingerprint density at radius 3 is 2.78 bits per heavy atom. The number of hydrogen-bond acceptors (Lipinski definition) is 2. The maximum absolute atomic E-state index is 4.63. The van der Waals surface area contributed by atoms with Crippen LogP contribution in [0.4, 0.5) is 0 Å². The first-order valence-electron chi connectivity index (χ1n) is 6.18. The first-order valence-corrected chi connectivity index (χ1v) is 6.18. The molecule has 0 bridgehead atoms. The van der Waals surface area contributed by atoms with Crippen molar-refractivity contribution in [3.8, 4) is 11.4 Å². The lowest BCUT2D eigenvalue weighted by molar-refractivity contribution is 0.765. The van der Waals surface area contributed by atoms with Crippen LogP contribution < -0.4 is 5.32 Å². The van der Waals surface area contributed by atoms with Gasteiger partial charge < -0.3 is 10.3 Å². The monoisotopic (exact) mass is 235 g/mol. The van der Waals surface area contributed by atoms with Gasteiger partial charge in [-0.3, -0.25) is 0 Å². The molecule has 0 aliphatic carbocycles. The number of para-hydroxylation sites is 2. The van der Waals surface area contributed by atoms with Gasteiger partial charge >= 0.3 is 0 Å². The Hall–Kier alpha value is -2.13. The normalized spacial score (nSPS) is 14.0. The fourth-order valence-corrected chi connectivity index (χ4v) is 2.53. The quantitative estimate of drug-likeness (QED) is 0.681. The predicted molar refractivity (Wildman–Crippen MR) is 72.1 cm³/mol. The second-order valence-corrected chi connectivity index (χ2v) is 4.69. The van der Waals surface area contributed by atoms with E-state index >= 15 is 0 Å². The minimum Gasteiger partial charge on any atom is -0.338 e. The van der Waals surface area contributed by atoms with Crippen LogP contribution in [0.2, 0.25) is 0 Å². The predicted octanol–water partition coefficient (Wildman–Crippen LogP) is 2.83. The lowest BCUT2D eigenvalue weighted by atomic mass is 10.1. The Morgan fingerprint density at radius 1 is 0.944 bits per heavy atom. The van der Waals surface area contributed by atoms with Gasteiger partial charge in [-0.1, -0.05) is 24.3 Å². The van der Waals surface area contributed by atoms with Crippen molar-refractivity contribution >= 4 is 11.0 Å². The first kappa shape index (κ1) is 9.85. The molecule has 0 radical (unpaired) electrons. The Balaban J connectivity index is 1.86. The summed E-state index contributed by atoms with van der Waals surface area (Å²) < 4.78 is 0. The van der Waals surface area contributed by atoms with E-state index in [0.29, 0.717) is 0 Å². The van der Waals surface area contributed by atoms with Gasteiger partial charge in [-0.25, -0.2) is 4.98 Å². The average molecular weight is 235 g/mol. The molecule has 2 heterocycles. The molecular formula is C15H13N3. The van der Waals surface area contributed by atoms with Gasteiger partial charge in [-0.2, -0.15) is 0 Å². The van der Waals surface area contributed by atoms with Crippen molar-refractivity contribution in [1.29, 1.82) is 0 Å². The van der Waals surface area contributed by atoms with Gasteiger partial charge in [0.25, 0.3) is 0 Å². The van der Waals surface area contributed by atoms with Crippen molar-refractivity contribution in [3.63, 3.8) is 0 Å². The summed E-state index contributed by atoms with van der Waals surface area (Å²) in [6.45, 7) is 1.94. The molecule has 2 N–H and O–H groups in total. The molecule has 3 aromatic rings. The SMILES string of the molecule is c1ccc2[nH]c(-c3ccc4c(c3)CNC4)nc2c1. The fraction of sp³-hybridized carbons (Fsp3) is 0.133. The number of H-pyrrole nitrogens is 1. The summed E-state index contributed by atoms with van der Waals surface area (Å²) >= 11 is 0. The molecule has 3 nitrogen and oxygen atoms in total. The molecule has 1 aliphatic rings. The number of nitrogens with zero attached hydrogens (tertiary/aromatic N) is 1. The summed E-state index contributed by atoms with van der Waals surface area (Å²) in [5, 5.41) is 3.36. The molecule has 1 aromatic heterocycles. The maximum atomic E-state index is 4.63. The minimum atomic E-state index is 0.950. The number of rotatable bonds is 1. The molecule has 88 valence electrons. The van der Waals surface area contributed by atoms with E-state index in [9.17, 15) is 0 Å². The Morgan fingerprint density at radius 2 is 1.83 bits per heavy atom. The van der Waals surface area contributed by atoms with Crippen LogP contribution in [0, 0.1) is 0 Å². The molecule has 3 heteroatoms. The van der Waals surface area contributed by atoms with Crippen LogP contribution in [0.15, 0.2) is 42.5 Å². The number of nitrogens with one attached hydrogen (secondary N) is 2. The molecule has 0 fully saturated rings. The van der Waals surface area contributed by atoms with E-state index in [1.54, 1.807) is 0 Å². The zero-order valence-corrected chi connectivity index (χ0v) is 9.90. The van der Waals surface area contributed by atoms with Gasteiger partial charge in [0, 0.05) is 18.7 Å². The fourth-order valence-electron chi connectivity index (χ4n) is 2.53. The van der Waals surface area contributed by atoms with Crippen LogP contribution in [0.25, 0.3) is 22.4 Å². The molecular weight excluding hydrogens is 222 g/mol. The Labute approximate surface area is 105 Å². The molecule has 0 amide bonds. The second kappa shape index (κ2) is 3.68. The standard InChI is InChI=1S/C15H13N3/c1-2-4-14-13(3-1)17-15(18-14)10-5-6-11-8-16-9-12(11)7-10/h1-7,16H,8-9H2,(H,17,18). The molecule has 0 saturated carbocycles. The maximum Gasteiger partial charge on any atom is 0.138 e. The highest BCUT2D eigenvalue weighted by molar-refractivity contribution is 5.79. The van der Waals surface area contributed by atoms with E-state index < -0.39 is 0 Å². The third kappa shape index (κ3) is 1.45. The van der Waals surface area contributed by atoms with Crippen molar-refractivity contribution in [2.75, 3.05) is 0 Å². The lowest BCUT2D eigenvalue weighted by Gasteiger charge is -2.01. The van der Waals surface area contributed by atoms with E-state index in [1.807, 2.05) is 18.2 Å². The third-order valence-corrected chi connectivity index (χ3v) is 3.50. The molecule has 1 aliphatic heterocycles. The van der Waals surface area contributed by atoms with E-state index in [4.69, 9.17) is 0 Å². The van der Waals surface area contributed by atoms with Gasteiger partial charge in [0.2, 0.25) is 0 Å². The minimum absolute atomic E-state index is 0.950. The number of aromatic nitrogens is 2. The summed E-state index contributed by atoms with van der Waals surface area (Å²) in [7, 11) is 0. The zero-order chi connectivity index (χ0) is 11.9. The lowest BCUT2D eigenvalue weighted by Crippen LogP contribution is -1.99. The van der Waals surface area contributed by atoms with Crippen LogP contribution in [0.5, 0.6) is 0 Å². The van der Waals surface area contributed by atoms with E-state index in [0.717, 1.165) is 35.5 Å². The number of benzene rings is 2. The van der Waals surface area contributed by atoms with Crippen molar-refractivity contribution in [2.45, 2.75) is 13.1 Å². The highest BCUT2D eigenvalue weighted by Gasteiger charge is 2.12. The summed E-state index contributed by atoms with van der Waals surface area (Å²) in [6.07, 6.45) is 0. The van der Waals surface area contributed by atoms with E-state index in [1.165, 1.54) is 11.1 Å². The molecule has 4 rings (SSSR count). The van der Waals surface area contributed by atoms with Gasteiger partial charge in [0.05, 0.1) is 11.0 Å². The van der Waals surface area contributed by atoms with Gasteiger partial charge in [-0.05, 0) is 29.3 Å². The smallest absolute Gasteiger partial charge is 0.138 e. The van der Waals surface area contributed by atoms with Gasteiger partial charge in [0.15, 0.2) is 0 Å². The Bertz CT molecular complexity index is 694. The molecule has 0 unspecified atom stereocenters. The molecule has 18 heavy (non-hydrogen) atoms. The third-order valence-electron chi connectivity index (χ3n) is 3.50. The van der Waals surface area contributed by atoms with E-state index in [2.05, 4.69) is 39.6 Å². The van der Waals surface area contributed by atoms with Gasteiger partial charge in [-0.15, -0.1) is 0 Å². The van der Waals surface area contributed by atoms with Crippen molar-refractivity contribution in [3.05, 3.63) is 53.6 Å². The highest BCUT2D eigenvalue weighted by Crippen LogP contribution is 2.24. The zero-order valence-electron chi connectivity index (χ0n) is 9.90. The number of fused-ring (bicyclic) bond motifs is 2. The van der Waals surface area contributed by atoms with Crippen LogP contribution >= 0.6 is 0 Å². The highest BCUT2D eigenvalue weighted by atomic mass is 14.9. The van der Waals surface area contributed by atoms with Crippen molar-refractivity contribution < 1.29 is 0 Å². The second-order valence-electron chi connectivity index (χ2n) is 4.69. The summed E-state index contributed by atoms with van der Waals surface area (Å²) in [5.74, 6) is 0.950. The molecule has 2 aromatic carbocycles. The molecule has 0 atom stereocenters. The van der Waals surface area contributed by atoms with Crippen LogP contribution in [-0.4, -0.2) is 9.97 Å². The Kier molecular flexibility index (Phi) is 2.02. The summed E-state index contributed by atoms with van der Waals surface area (Å²) in [4.78, 5) is 8.00. The van der Waals surface area contributed by atoms with Gasteiger partial charge in [0.1, 0.15) is 5.82 Å². The summed E-state index contributed by atoms with van der Waals surface area (Å²) in [6, 6.07) is 14.7. The van der Waals surface area contributed by atoms with Crippen molar-refractivity contribution in [1.82, 2.24) is 15.3 Å². The average Bonchev–Trinajstić information content (AvgIpc) is 3.04. The van der Waals surface area contributed by atoms with Crippen LogP contribution in [0.3, 0.4) is 0 Å². The van der Waals surface area contributed by atoms with E-state index in [-0.39, 0.29) is 0 Å². The number of imidazole rings is 1. The van der Waals surface area contributed by atoms with Crippen LogP contribution in [0.1, 0.15) is 11.1 Å².